The van der Waals surface area contributed by atoms with Crippen LogP contribution in [0.5, 0.6) is 0 Å². The Morgan fingerprint density at radius 1 is 1.40 bits per heavy atom. The van der Waals surface area contributed by atoms with Crippen LogP contribution in [-0.4, -0.2) is 34.9 Å². The second-order valence-corrected chi connectivity index (χ2v) is 7.09. The topological polar surface area (TPSA) is 72.4 Å². The molecule has 0 bridgehead atoms. The summed E-state index contributed by atoms with van der Waals surface area (Å²) in [7, 11) is 0. The third-order valence-corrected chi connectivity index (χ3v) is 5.00. The number of carbonyl (C=O) groups excluding carboxylic acids is 1. The molecule has 0 aliphatic carbocycles. The van der Waals surface area contributed by atoms with E-state index in [0.717, 1.165) is 37.3 Å². The van der Waals surface area contributed by atoms with Gasteiger partial charge in [0.25, 0.3) is 0 Å². The number of oxazole rings is 1. The Hall–Kier alpha value is -2.14. The number of nitrogens with zero attached hydrogens (tertiary/aromatic N) is 2. The standard InChI is InChI=1S/C20H27N3O2/c1-14-5-7-16(8-6-14)18-12-22-19(25-18)9-10-20(24)23-11-3-4-17(13-23)15(2)21/h5-8,12,15,17H,3-4,9-11,13,21H2,1-2H3. The first-order valence-electron chi connectivity index (χ1n) is 9.08. The van der Waals surface area contributed by atoms with E-state index in [-0.39, 0.29) is 11.9 Å². The van der Waals surface area contributed by atoms with Gasteiger partial charge in [0.2, 0.25) is 5.91 Å². The average Bonchev–Trinajstić information content (AvgIpc) is 3.09. The number of aryl methyl sites for hydroxylation is 2. The molecule has 0 saturated carbocycles. The van der Waals surface area contributed by atoms with Crippen molar-refractivity contribution in [3.05, 3.63) is 41.9 Å². The Bertz CT molecular complexity index is 706. The average molecular weight is 341 g/mol. The van der Waals surface area contributed by atoms with E-state index in [4.69, 9.17) is 10.2 Å². The minimum Gasteiger partial charge on any atom is -0.441 e. The molecule has 1 aliphatic rings. The van der Waals surface area contributed by atoms with E-state index in [9.17, 15) is 4.79 Å². The minimum atomic E-state index is 0.138. The molecule has 0 radical (unpaired) electrons. The number of likely N-dealkylation sites (tertiary alicyclic amines) is 1. The zero-order valence-electron chi connectivity index (χ0n) is 15.1. The van der Waals surface area contributed by atoms with E-state index in [1.54, 1.807) is 6.20 Å². The summed E-state index contributed by atoms with van der Waals surface area (Å²) in [5, 5.41) is 0. The molecule has 2 aromatic rings. The normalized spacial score (nSPS) is 19.0. The van der Waals surface area contributed by atoms with E-state index in [2.05, 4.69) is 11.9 Å². The van der Waals surface area contributed by atoms with Crippen molar-refractivity contribution in [2.24, 2.45) is 11.7 Å². The second-order valence-electron chi connectivity index (χ2n) is 7.09. The van der Waals surface area contributed by atoms with Gasteiger partial charge in [0.05, 0.1) is 6.20 Å². The molecule has 3 rings (SSSR count). The van der Waals surface area contributed by atoms with Gasteiger partial charge in [-0.25, -0.2) is 4.98 Å². The van der Waals surface area contributed by atoms with Crippen LogP contribution in [0, 0.1) is 12.8 Å². The highest BCUT2D eigenvalue weighted by molar-refractivity contribution is 5.76. The summed E-state index contributed by atoms with van der Waals surface area (Å²) in [4.78, 5) is 18.7. The third kappa shape index (κ3) is 4.48. The van der Waals surface area contributed by atoms with Crippen molar-refractivity contribution in [1.82, 2.24) is 9.88 Å². The lowest BCUT2D eigenvalue weighted by molar-refractivity contribution is -0.133. The van der Waals surface area contributed by atoms with Crippen LogP contribution in [0.4, 0.5) is 0 Å². The van der Waals surface area contributed by atoms with Gasteiger partial charge in [0.15, 0.2) is 11.7 Å². The van der Waals surface area contributed by atoms with E-state index in [1.165, 1.54) is 5.56 Å². The molecule has 134 valence electrons. The molecule has 0 spiro atoms. The number of benzene rings is 1. The predicted molar refractivity (Wildman–Crippen MR) is 98.0 cm³/mol. The maximum absolute atomic E-state index is 12.5. The summed E-state index contributed by atoms with van der Waals surface area (Å²) in [5.41, 5.74) is 8.21. The van der Waals surface area contributed by atoms with E-state index < -0.39 is 0 Å². The molecule has 1 fully saturated rings. The first-order chi connectivity index (χ1) is 12.0. The highest BCUT2D eigenvalue weighted by Crippen LogP contribution is 2.22. The van der Waals surface area contributed by atoms with Crippen molar-refractivity contribution >= 4 is 5.91 Å². The highest BCUT2D eigenvalue weighted by Gasteiger charge is 2.25. The van der Waals surface area contributed by atoms with Gasteiger partial charge < -0.3 is 15.1 Å². The number of hydrogen-bond acceptors (Lipinski definition) is 4. The molecule has 1 aromatic carbocycles. The lowest BCUT2D eigenvalue weighted by Crippen LogP contribution is -2.45. The molecule has 1 aliphatic heterocycles. The number of amides is 1. The molecule has 2 N–H and O–H groups in total. The molecule has 5 nitrogen and oxygen atoms in total. The van der Waals surface area contributed by atoms with Gasteiger partial charge in [0, 0.05) is 37.5 Å². The number of aromatic nitrogens is 1. The lowest BCUT2D eigenvalue weighted by Gasteiger charge is -2.34. The van der Waals surface area contributed by atoms with Crippen molar-refractivity contribution in [2.75, 3.05) is 13.1 Å². The van der Waals surface area contributed by atoms with Crippen molar-refractivity contribution < 1.29 is 9.21 Å². The van der Waals surface area contributed by atoms with Gasteiger partial charge >= 0.3 is 0 Å². The molecule has 1 aromatic heterocycles. The maximum atomic E-state index is 12.5. The fourth-order valence-corrected chi connectivity index (χ4v) is 3.31. The van der Waals surface area contributed by atoms with E-state index >= 15 is 0 Å². The Morgan fingerprint density at radius 3 is 2.88 bits per heavy atom. The molecule has 5 heteroatoms. The minimum absolute atomic E-state index is 0.138. The molecular weight excluding hydrogens is 314 g/mol. The van der Waals surface area contributed by atoms with Crippen LogP contribution in [-0.2, 0) is 11.2 Å². The highest BCUT2D eigenvalue weighted by atomic mass is 16.4. The number of rotatable bonds is 5. The van der Waals surface area contributed by atoms with Gasteiger partial charge in [-0.3, -0.25) is 4.79 Å². The summed E-state index contributed by atoms with van der Waals surface area (Å²) in [6.45, 7) is 5.69. The first-order valence-corrected chi connectivity index (χ1v) is 9.08. The summed E-state index contributed by atoms with van der Waals surface area (Å²) in [6, 6.07) is 8.28. The van der Waals surface area contributed by atoms with E-state index in [1.807, 2.05) is 36.1 Å². The zero-order valence-corrected chi connectivity index (χ0v) is 15.1. The molecule has 2 atom stereocenters. The van der Waals surface area contributed by atoms with Gasteiger partial charge in [-0.05, 0) is 32.6 Å². The smallest absolute Gasteiger partial charge is 0.223 e. The molecule has 2 heterocycles. The lowest BCUT2D eigenvalue weighted by atomic mass is 9.92. The number of piperidine rings is 1. The predicted octanol–water partition coefficient (Wildman–Crippen LogP) is 3.17. The van der Waals surface area contributed by atoms with Crippen molar-refractivity contribution in [3.8, 4) is 11.3 Å². The largest absolute Gasteiger partial charge is 0.441 e. The molecule has 2 unspecified atom stereocenters. The maximum Gasteiger partial charge on any atom is 0.223 e. The monoisotopic (exact) mass is 341 g/mol. The quantitative estimate of drug-likeness (QED) is 0.906. The SMILES string of the molecule is Cc1ccc(-c2cnc(CCC(=O)N3CCCC(C(C)N)C3)o2)cc1. The van der Waals surface area contributed by atoms with Gasteiger partial charge in [0.1, 0.15) is 0 Å². The number of nitrogens with two attached hydrogens (primary N) is 1. The molecule has 1 saturated heterocycles. The van der Waals surface area contributed by atoms with Crippen LogP contribution in [0.25, 0.3) is 11.3 Å². The Morgan fingerprint density at radius 2 is 2.16 bits per heavy atom. The molecule has 1 amide bonds. The summed E-state index contributed by atoms with van der Waals surface area (Å²) in [6.07, 6.45) is 4.84. The van der Waals surface area contributed by atoms with Gasteiger partial charge in [-0.15, -0.1) is 0 Å². The van der Waals surface area contributed by atoms with Crippen LogP contribution in [0.3, 0.4) is 0 Å². The van der Waals surface area contributed by atoms with Gasteiger partial charge in [-0.1, -0.05) is 29.8 Å². The van der Waals surface area contributed by atoms with Crippen LogP contribution in [0.2, 0.25) is 0 Å². The van der Waals surface area contributed by atoms with Crippen molar-refractivity contribution in [3.63, 3.8) is 0 Å². The van der Waals surface area contributed by atoms with Crippen molar-refractivity contribution in [1.29, 1.82) is 0 Å². The van der Waals surface area contributed by atoms with Crippen LogP contribution >= 0.6 is 0 Å². The van der Waals surface area contributed by atoms with Crippen molar-refractivity contribution in [2.45, 2.75) is 45.6 Å². The van der Waals surface area contributed by atoms with Crippen LogP contribution < -0.4 is 5.73 Å². The molecular formula is C20H27N3O2. The Balaban J connectivity index is 1.55. The van der Waals surface area contributed by atoms with E-state index in [0.29, 0.717) is 24.7 Å². The third-order valence-electron chi connectivity index (χ3n) is 5.00. The molecule has 25 heavy (non-hydrogen) atoms. The Labute approximate surface area is 149 Å². The number of hydrogen-bond donors (Lipinski definition) is 1. The summed E-state index contributed by atoms with van der Waals surface area (Å²) in [5.74, 6) is 1.94. The second kappa shape index (κ2) is 7.83. The first kappa shape index (κ1) is 17.7. The summed E-state index contributed by atoms with van der Waals surface area (Å²) >= 11 is 0. The van der Waals surface area contributed by atoms with Gasteiger partial charge in [-0.2, -0.15) is 0 Å². The zero-order chi connectivity index (χ0) is 17.8. The number of carbonyl (C=O) groups is 1. The Kier molecular flexibility index (Phi) is 5.53. The van der Waals surface area contributed by atoms with Crippen LogP contribution in [0.15, 0.2) is 34.9 Å². The van der Waals surface area contributed by atoms with Crippen LogP contribution in [0.1, 0.15) is 37.6 Å². The fraction of sp³-hybridized carbons (Fsp3) is 0.500. The summed E-state index contributed by atoms with van der Waals surface area (Å²) < 4.78 is 5.80. The fourth-order valence-electron chi connectivity index (χ4n) is 3.31.